The Balaban J connectivity index is 2.04. The molecule has 0 N–H and O–H groups in total. The van der Waals surface area contributed by atoms with Crippen molar-refractivity contribution in [2.24, 2.45) is 0 Å². The Labute approximate surface area is 120 Å². The molecule has 1 nitrogen and oxygen atoms in total. The number of nitrogens with zero attached hydrogens (tertiary/aromatic N) is 1. The van der Waals surface area contributed by atoms with Crippen LogP contribution in [0.25, 0.3) is 0 Å². The highest BCUT2D eigenvalue weighted by molar-refractivity contribution is 7.98. The number of nitriles is 1. The molecule has 18 heavy (non-hydrogen) atoms. The third kappa shape index (κ3) is 3.43. The maximum atomic E-state index is 8.79. The van der Waals surface area contributed by atoms with Gasteiger partial charge in [0.15, 0.2) is 0 Å². The van der Waals surface area contributed by atoms with Crippen molar-refractivity contribution in [2.75, 3.05) is 0 Å². The van der Waals surface area contributed by atoms with Crippen molar-refractivity contribution in [3.63, 3.8) is 0 Å². The molecular weight excluding hydrogens is 285 g/mol. The number of hydrogen-bond acceptors (Lipinski definition) is 2. The molecule has 2 aromatic rings. The van der Waals surface area contributed by atoms with E-state index in [4.69, 9.17) is 28.5 Å². The van der Waals surface area contributed by atoms with Crippen LogP contribution in [0.2, 0.25) is 10.0 Å². The fourth-order valence-electron chi connectivity index (χ4n) is 1.42. The van der Waals surface area contributed by atoms with Crippen LogP contribution in [0, 0.1) is 11.3 Å². The maximum Gasteiger partial charge on any atom is 0.101 e. The summed E-state index contributed by atoms with van der Waals surface area (Å²) in [5, 5.41) is 10.0. The molecule has 0 heterocycles. The zero-order valence-corrected chi connectivity index (χ0v) is 11.7. The summed E-state index contributed by atoms with van der Waals surface area (Å²) < 4.78 is 0. The normalized spacial score (nSPS) is 10.1. The SMILES string of the molecule is N#Cc1ccc(SCc2ccc(Cl)cc2)cc1Cl. The fraction of sp³-hybridized carbons (Fsp3) is 0.0714. The fourth-order valence-corrected chi connectivity index (χ4v) is 2.73. The van der Waals surface area contributed by atoms with Crippen molar-refractivity contribution in [3.05, 3.63) is 63.6 Å². The molecule has 0 unspecified atom stereocenters. The average Bonchev–Trinajstić information content (AvgIpc) is 2.38. The molecule has 0 spiro atoms. The Kier molecular flexibility index (Phi) is 4.54. The van der Waals surface area contributed by atoms with Crippen LogP contribution in [-0.2, 0) is 5.75 Å². The van der Waals surface area contributed by atoms with Gasteiger partial charge in [-0.2, -0.15) is 5.26 Å². The molecule has 0 fully saturated rings. The van der Waals surface area contributed by atoms with Crippen LogP contribution in [0.4, 0.5) is 0 Å². The molecule has 0 aliphatic carbocycles. The Morgan fingerprint density at radius 1 is 1.06 bits per heavy atom. The Morgan fingerprint density at radius 3 is 2.39 bits per heavy atom. The van der Waals surface area contributed by atoms with E-state index in [1.807, 2.05) is 42.5 Å². The molecule has 4 heteroatoms. The van der Waals surface area contributed by atoms with Crippen LogP contribution in [0.15, 0.2) is 47.4 Å². The van der Waals surface area contributed by atoms with Crippen molar-refractivity contribution < 1.29 is 0 Å². The van der Waals surface area contributed by atoms with E-state index in [9.17, 15) is 0 Å². The molecule has 2 rings (SSSR count). The van der Waals surface area contributed by atoms with Gasteiger partial charge in [-0.05, 0) is 35.9 Å². The van der Waals surface area contributed by atoms with Gasteiger partial charge in [0, 0.05) is 15.7 Å². The topological polar surface area (TPSA) is 23.8 Å². The van der Waals surface area contributed by atoms with Crippen LogP contribution < -0.4 is 0 Å². The number of benzene rings is 2. The van der Waals surface area contributed by atoms with E-state index in [-0.39, 0.29) is 0 Å². The largest absolute Gasteiger partial charge is 0.192 e. The highest BCUT2D eigenvalue weighted by Crippen LogP contribution is 2.27. The molecule has 0 atom stereocenters. The molecular formula is C14H9Cl2NS. The molecule has 0 bridgehead atoms. The number of thioether (sulfide) groups is 1. The van der Waals surface area contributed by atoms with Gasteiger partial charge in [0.2, 0.25) is 0 Å². The van der Waals surface area contributed by atoms with Crippen LogP contribution in [0.1, 0.15) is 11.1 Å². The molecule has 2 aromatic carbocycles. The molecule has 0 aliphatic heterocycles. The Hall–Kier alpha value is -1.14. The first-order chi connectivity index (χ1) is 8.69. The summed E-state index contributed by atoms with van der Waals surface area (Å²) in [6, 6.07) is 15.3. The summed E-state index contributed by atoms with van der Waals surface area (Å²) >= 11 is 13.5. The van der Waals surface area contributed by atoms with Gasteiger partial charge in [0.1, 0.15) is 6.07 Å². The monoisotopic (exact) mass is 293 g/mol. The van der Waals surface area contributed by atoms with Gasteiger partial charge in [-0.1, -0.05) is 35.3 Å². The molecule has 0 saturated heterocycles. The smallest absolute Gasteiger partial charge is 0.101 e. The second-order valence-corrected chi connectivity index (χ2v) is 5.56. The van der Waals surface area contributed by atoms with Gasteiger partial charge >= 0.3 is 0 Å². The van der Waals surface area contributed by atoms with E-state index in [0.717, 1.165) is 15.7 Å². The third-order valence-corrected chi connectivity index (χ3v) is 4.01. The molecule has 0 saturated carbocycles. The van der Waals surface area contributed by atoms with Crippen molar-refractivity contribution in [1.29, 1.82) is 5.26 Å². The van der Waals surface area contributed by atoms with Gasteiger partial charge in [-0.15, -0.1) is 11.8 Å². The number of halogens is 2. The minimum absolute atomic E-state index is 0.499. The van der Waals surface area contributed by atoms with E-state index in [1.165, 1.54) is 5.56 Å². The second kappa shape index (κ2) is 6.15. The predicted molar refractivity (Wildman–Crippen MR) is 77.2 cm³/mol. The van der Waals surface area contributed by atoms with Gasteiger partial charge in [0.25, 0.3) is 0 Å². The number of hydrogen-bond donors (Lipinski definition) is 0. The van der Waals surface area contributed by atoms with Gasteiger partial charge in [-0.3, -0.25) is 0 Å². The zero-order chi connectivity index (χ0) is 13.0. The standard InChI is InChI=1S/C14H9Cl2NS/c15-12-4-1-10(2-5-12)9-18-13-6-3-11(8-17)14(16)7-13/h1-7H,9H2. The molecule has 0 radical (unpaired) electrons. The van der Waals surface area contributed by atoms with Crippen molar-refractivity contribution in [1.82, 2.24) is 0 Å². The molecule has 90 valence electrons. The first-order valence-electron chi connectivity index (χ1n) is 5.26. The summed E-state index contributed by atoms with van der Waals surface area (Å²) in [7, 11) is 0. The summed E-state index contributed by atoms with van der Waals surface area (Å²) in [5.74, 6) is 0.847. The molecule has 0 aliphatic rings. The number of rotatable bonds is 3. The minimum Gasteiger partial charge on any atom is -0.192 e. The predicted octanol–water partition coefficient (Wildman–Crippen LogP) is 5.16. The lowest BCUT2D eigenvalue weighted by atomic mass is 10.2. The third-order valence-electron chi connectivity index (χ3n) is 2.38. The quantitative estimate of drug-likeness (QED) is 0.730. The van der Waals surface area contributed by atoms with Gasteiger partial charge in [0.05, 0.1) is 10.6 Å². The first-order valence-corrected chi connectivity index (χ1v) is 7.00. The van der Waals surface area contributed by atoms with Crippen LogP contribution in [0.5, 0.6) is 0 Å². The van der Waals surface area contributed by atoms with E-state index in [1.54, 1.807) is 17.8 Å². The van der Waals surface area contributed by atoms with E-state index in [0.29, 0.717) is 10.6 Å². The summed E-state index contributed by atoms with van der Waals surface area (Å²) in [5.41, 5.74) is 1.71. The molecule has 0 amide bonds. The van der Waals surface area contributed by atoms with Crippen molar-refractivity contribution >= 4 is 35.0 Å². The highest BCUT2D eigenvalue weighted by atomic mass is 35.5. The average molecular weight is 294 g/mol. The maximum absolute atomic E-state index is 8.79. The van der Waals surface area contributed by atoms with Crippen molar-refractivity contribution in [2.45, 2.75) is 10.6 Å². The Morgan fingerprint density at radius 2 is 1.78 bits per heavy atom. The second-order valence-electron chi connectivity index (χ2n) is 3.67. The highest BCUT2D eigenvalue weighted by Gasteiger charge is 2.02. The summed E-state index contributed by atoms with van der Waals surface area (Å²) in [6.45, 7) is 0. The van der Waals surface area contributed by atoms with Crippen LogP contribution in [0.3, 0.4) is 0 Å². The molecule has 0 aromatic heterocycles. The minimum atomic E-state index is 0.499. The van der Waals surface area contributed by atoms with E-state index in [2.05, 4.69) is 0 Å². The van der Waals surface area contributed by atoms with Crippen LogP contribution in [-0.4, -0.2) is 0 Å². The summed E-state index contributed by atoms with van der Waals surface area (Å²) in [6.07, 6.45) is 0. The van der Waals surface area contributed by atoms with E-state index >= 15 is 0 Å². The first kappa shape index (κ1) is 13.3. The lowest BCUT2D eigenvalue weighted by Crippen LogP contribution is -1.82. The lowest BCUT2D eigenvalue weighted by Gasteiger charge is -2.03. The zero-order valence-electron chi connectivity index (χ0n) is 9.36. The van der Waals surface area contributed by atoms with Gasteiger partial charge < -0.3 is 0 Å². The lowest BCUT2D eigenvalue weighted by molar-refractivity contribution is 1.37. The van der Waals surface area contributed by atoms with Crippen LogP contribution >= 0.6 is 35.0 Å². The van der Waals surface area contributed by atoms with E-state index < -0.39 is 0 Å². The van der Waals surface area contributed by atoms with Gasteiger partial charge in [-0.25, -0.2) is 0 Å². The summed E-state index contributed by atoms with van der Waals surface area (Å²) in [4.78, 5) is 1.05. The Bertz CT molecular complexity index is 588. The van der Waals surface area contributed by atoms with Crippen molar-refractivity contribution in [3.8, 4) is 6.07 Å².